The average molecular weight is 301 g/mol. The smallest absolute Gasteiger partial charge is 0.345 e. The van der Waals surface area contributed by atoms with Crippen LogP contribution in [0.1, 0.15) is 24.2 Å². The molecule has 20 heavy (non-hydrogen) atoms. The highest BCUT2D eigenvalue weighted by atomic mass is 35.5. The second kappa shape index (κ2) is 7.81. The molecule has 6 nitrogen and oxygen atoms in total. The summed E-state index contributed by atoms with van der Waals surface area (Å²) in [5.41, 5.74) is -0.427. The molecule has 0 bridgehead atoms. The molecular weight excluding hydrogens is 284 g/mol. The minimum Gasteiger partial charge on any atom is -0.461 e. The standard InChI is InChI=1S/C13H17ClN2O4/c1-3-15(4-2)7-8-20-13(17)11-9-10(14)5-6-12(11)16(18)19/h5-6,9H,3-4,7-8H2,1-2H3. The van der Waals surface area contributed by atoms with Crippen molar-refractivity contribution in [1.82, 2.24) is 4.90 Å². The van der Waals surface area contributed by atoms with Gasteiger partial charge in [-0.05, 0) is 25.2 Å². The molecule has 0 amide bonds. The monoisotopic (exact) mass is 300 g/mol. The number of benzene rings is 1. The number of esters is 1. The van der Waals surface area contributed by atoms with Crippen molar-refractivity contribution in [3.8, 4) is 0 Å². The van der Waals surface area contributed by atoms with Gasteiger partial charge in [0.1, 0.15) is 12.2 Å². The topological polar surface area (TPSA) is 72.7 Å². The third-order valence-corrected chi connectivity index (χ3v) is 3.15. The Labute approximate surface area is 122 Å². The number of rotatable bonds is 7. The molecule has 1 rings (SSSR count). The van der Waals surface area contributed by atoms with Gasteiger partial charge in [0.25, 0.3) is 5.69 Å². The van der Waals surface area contributed by atoms with Gasteiger partial charge < -0.3 is 9.64 Å². The van der Waals surface area contributed by atoms with Crippen LogP contribution in [-0.4, -0.2) is 42.0 Å². The van der Waals surface area contributed by atoms with E-state index >= 15 is 0 Å². The van der Waals surface area contributed by atoms with Crippen LogP contribution in [0.25, 0.3) is 0 Å². The van der Waals surface area contributed by atoms with Gasteiger partial charge in [-0.25, -0.2) is 4.79 Å². The fourth-order valence-corrected chi connectivity index (χ4v) is 1.89. The van der Waals surface area contributed by atoms with Gasteiger partial charge in [-0.15, -0.1) is 0 Å². The molecule has 1 aromatic carbocycles. The highest BCUT2D eigenvalue weighted by molar-refractivity contribution is 6.31. The molecule has 0 fully saturated rings. The minimum absolute atomic E-state index is 0.123. The molecule has 0 aliphatic carbocycles. The van der Waals surface area contributed by atoms with Crippen LogP contribution in [0, 0.1) is 10.1 Å². The summed E-state index contributed by atoms with van der Waals surface area (Å²) in [6, 6.07) is 3.81. The quantitative estimate of drug-likeness (QED) is 0.440. The Kier molecular flexibility index (Phi) is 6.41. The molecule has 0 spiro atoms. The Hall–Kier alpha value is -1.66. The van der Waals surface area contributed by atoms with E-state index in [1.165, 1.54) is 18.2 Å². The van der Waals surface area contributed by atoms with E-state index in [4.69, 9.17) is 16.3 Å². The van der Waals surface area contributed by atoms with Gasteiger partial charge in [0, 0.05) is 17.6 Å². The number of nitro benzene ring substituents is 1. The van der Waals surface area contributed by atoms with Crippen molar-refractivity contribution in [1.29, 1.82) is 0 Å². The van der Waals surface area contributed by atoms with Crippen LogP contribution in [-0.2, 0) is 4.74 Å². The maximum atomic E-state index is 11.9. The molecule has 7 heteroatoms. The van der Waals surface area contributed by atoms with Crippen molar-refractivity contribution in [3.05, 3.63) is 38.9 Å². The minimum atomic E-state index is -0.730. The lowest BCUT2D eigenvalue weighted by atomic mass is 10.2. The van der Waals surface area contributed by atoms with Gasteiger partial charge in [0.05, 0.1) is 4.92 Å². The van der Waals surface area contributed by atoms with E-state index in [2.05, 4.69) is 4.90 Å². The van der Waals surface area contributed by atoms with Crippen LogP contribution >= 0.6 is 11.6 Å². The molecule has 0 aliphatic rings. The number of carbonyl (C=O) groups is 1. The molecule has 0 aliphatic heterocycles. The number of hydrogen-bond donors (Lipinski definition) is 0. The zero-order valence-electron chi connectivity index (χ0n) is 11.5. The number of likely N-dealkylation sites (N-methyl/N-ethyl adjacent to an activating group) is 1. The third-order valence-electron chi connectivity index (χ3n) is 2.91. The summed E-state index contributed by atoms with van der Waals surface area (Å²) in [5, 5.41) is 11.1. The van der Waals surface area contributed by atoms with Crippen molar-refractivity contribution in [2.24, 2.45) is 0 Å². The zero-order chi connectivity index (χ0) is 15.1. The SMILES string of the molecule is CCN(CC)CCOC(=O)c1cc(Cl)ccc1[N+](=O)[O-]. The Bertz CT molecular complexity index is 489. The maximum absolute atomic E-state index is 11.9. The number of halogens is 1. The lowest BCUT2D eigenvalue weighted by Gasteiger charge is -2.17. The second-order valence-corrected chi connectivity index (χ2v) is 4.52. The summed E-state index contributed by atoms with van der Waals surface area (Å²) in [5.74, 6) is -0.730. The first-order valence-corrected chi connectivity index (χ1v) is 6.70. The van der Waals surface area contributed by atoms with Crippen molar-refractivity contribution in [2.45, 2.75) is 13.8 Å². The Morgan fingerprint density at radius 2 is 2.05 bits per heavy atom. The zero-order valence-corrected chi connectivity index (χ0v) is 12.2. The summed E-state index contributed by atoms with van der Waals surface area (Å²) in [6.45, 7) is 6.49. The first kappa shape index (κ1) is 16.4. The van der Waals surface area contributed by atoms with Crippen molar-refractivity contribution in [2.75, 3.05) is 26.2 Å². The van der Waals surface area contributed by atoms with Gasteiger partial charge in [0.2, 0.25) is 0 Å². The lowest BCUT2D eigenvalue weighted by Crippen LogP contribution is -2.28. The van der Waals surface area contributed by atoms with Crippen LogP contribution in [0.5, 0.6) is 0 Å². The van der Waals surface area contributed by atoms with Crippen molar-refractivity contribution in [3.63, 3.8) is 0 Å². The normalized spacial score (nSPS) is 10.6. The largest absolute Gasteiger partial charge is 0.461 e. The molecule has 0 saturated carbocycles. The molecule has 0 atom stereocenters. The number of ether oxygens (including phenoxy) is 1. The van der Waals surface area contributed by atoms with E-state index in [1.807, 2.05) is 13.8 Å². The van der Waals surface area contributed by atoms with Crippen LogP contribution < -0.4 is 0 Å². The van der Waals surface area contributed by atoms with E-state index in [1.54, 1.807) is 0 Å². The average Bonchev–Trinajstić information content (AvgIpc) is 2.43. The van der Waals surface area contributed by atoms with Gasteiger partial charge in [0.15, 0.2) is 0 Å². The number of nitrogens with zero attached hydrogens (tertiary/aromatic N) is 2. The van der Waals surface area contributed by atoms with E-state index in [0.29, 0.717) is 6.54 Å². The Morgan fingerprint density at radius 1 is 1.40 bits per heavy atom. The summed E-state index contributed by atoms with van der Waals surface area (Å²) in [7, 11) is 0. The maximum Gasteiger partial charge on any atom is 0.345 e. The number of carbonyl (C=O) groups excluding carboxylic acids is 1. The van der Waals surface area contributed by atoms with Gasteiger partial charge in [-0.3, -0.25) is 10.1 Å². The van der Waals surface area contributed by atoms with Gasteiger partial charge in [-0.1, -0.05) is 25.4 Å². The molecule has 0 heterocycles. The first-order valence-electron chi connectivity index (χ1n) is 6.33. The van der Waals surface area contributed by atoms with Crippen LogP contribution in [0.2, 0.25) is 5.02 Å². The summed E-state index contributed by atoms with van der Waals surface area (Å²) in [6.07, 6.45) is 0. The van der Waals surface area contributed by atoms with Gasteiger partial charge >= 0.3 is 5.97 Å². The van der Waals surface area contributed by atoms with E-state index in [-0.39, 0.29) is 22.9 Å². The molecule has 110 valence electrons. The number of hydrogen-bond acceptors (Lipinski definition) is 5. The fraction of sp³-hybridized carbons (Fsp3) is 0.462. The summed E-state index contributed by atoms with van der Waals surface area (Å²) >= 11 is 5.76. The van der Waals surface area contributed by atoms with Crippen LogP contribution in [0.4, 0.5) is 5.69 Å². The Balaban J connectivity index is 2.72. The van der Waals surface area contributed by atoms with Crippen molar-refractivity contribution < 1.29 is 14.5 Å². The predicted molar refractivity (Wildman–Crippen MR) is 76.2 cm³/mol. The fourth-order valence-electron chi connectivity index (χ4n) is 1.72. The molecular formula is C13H17ClN2O4. The highest BCUT2D eigenvalue weighted by Crippen LogP contribution is 2.23. The molecule has 0 saturated heterocycles. The molecule has 1 aromatic rings. The highest BCUT2D eigenvalue weighted by Gasteiger charge is 2.21. The summed E-state index contributed by atoms with van der Waals surface area (Å²) in [4.78, 5) is 24.2. The second-order valence-electron chi connectivity index (χ2n) is 4.08. The van der Waals surface area contributed by atoms with Crippen LogP contribution in [0.15, 0.2) is 18.2 Å². The molecule has 0 N–H and O–H groups in total. The van der Waals surface area contributed by atoms with E-state index < -0.39 is 10.9 Å². The van der Waals surface area contributed by atoms with E-state index in [0.717, 1.165) is 13.1 Å². The van der Waals surface area contributed by atoms with Gasteiger partial charge in [-0.2, -0.15) is 0 Å². The third kappa shape index (κ3) is 4.47. The molecule has 0 unspecified atom stereocenters. The van der Waals surface area contributed by atoms with Crippen molar-refractivity contribution >= 4 is 23.3 Å². The Morgan fingerprint density at radius 3 is 2.60 bits per heavy atom. The first-order chi connectivity index (χ1) is 9.49. The summed E-state index contributed by atoms with van der Waals surface area (Å²) < 4.78 is 5.06. The molecule has 0 aromatic heterocycles. The number of nitro groups is 1. The molecule has 0 radical (unpaired) electrons. The van der Waals surface area contributed by atoms with Crippen LogP contribution in [0.3, 0.4) is 0 Å². The van der Waals surface area contributed by atoms with E-state index in [9.17, 15) is 14.9 Å². The predicted octanol–water partition coefficient (Wildman–Crippen LogP) is 2.75. The lowest BCUT2D eigenvalue weighted by molar-refractivity contribution is -0.385.